The molecule has 4 rings (SSSR count). The molecule has 2 heterocycles. The predicted molar refractivity (Wildman–Crippen MR) is 112 cm³/mol. The average molecular weight is 449 g/mol. The molecule has 0 saturated heterocycles. The van der Waals surface area contributed by atoms with Crippen molar-refractivity contribution in [1.82, 2.24) is 9.97 Å². The second-order valence-corrected chi connectivity index (χ2v) is 8.64. The Bertz CT molecular complexity index is 1060. The van der Waals surface area contributed by atoms with Crippen molar-refractivity contribution in [3.8, 4) is 22.9 Å². The summed E-state index contributed by atoms with van der Waals surface area (Å²) < 4.78 is 11.5. The maximum Gasteiger partial charge on any atom is 0.260 e. The standard InChI is InChI=1S/C20H21BrN2O3S/c1-25-14-10-11(9-13(21)17(14)26-2)18-22-19(24)16-12-7-5-3-4-6-8-15(12)27-20(16)23-18/h9-10H,3-8H2,1-2H3,(H,22,23,24). The third-order valence-corrected chi connectivity index (χ3v) is 6.81. The van der Waals surface area contributed by atoms with Gasteiger partial charge in [0.15, 0.2) is 11.5 Å². The molecular formula is C20H21BrN2O3S. The average Bonchev–Trinajstić information content (AvgIpc) is 2.98. The molecule has 7 heteroatoms. The van der Waals surface area contributed by atoms with Crippen LogP contribution in [0.2, 0.25) is 0 Å². The molecule has 0 saturated carbocycles. The van der Waals surface area contributed by atoms with E-state index >= 15 is 0 Å². The van der Waals surface area contributed by atoms with Crippen LogP contribution in [0.1, 0.15) is 36.1 Å². The normalized spacial score (nSPS) is 14.5. The van der Waals surface area contributed by atoms with Crippen LogP contribution in [0.3, 0.4) is 0 Å². The first-order chi connectivity index (χ1) is 13.1. The Balaban J connectivity index is 1.87. The number of aromatic amines is 1. The first-order valence-electron chi connectivity index (χ1n) is 9.09. The van der Waals surface area contributed by atoms with Gasteiger partial charge < -0.3 is 14.5 Å². The topological polar surface area (TPSA) is 64.2 Å². The minimum Gasteiger partial charge on any atom is -0.493 e. The van der Waals surface area contributed by atoms with Crippen LogP contribution in [-0.4, -0.2) is 24.2 Å². The Morgan fingerprint density at radius 2 is 1.89 bits per heavy atom. The number of thiophene rings is 1. The van der Waals surface area contributed by atoms with Gasteiger partial charge in [-0.3, -0.25) is 4.79 Å². The number of H-pyrrole nitrogens is 1. The molecule has 142 valence electrons. The van der Waals surface area contributed by atoms with Gasteiger partial charge in [0.05, 0.1) is 24.1 Å². The summed E-state index contributed by atoms with van der Waals surface area (Å²) in [6, 6.07) is 3.71. The smallest absolute Gasteiger partial charge is 0.260 e. The summed E-state index contributed by atoms with van der Waals surface area (Å²) in [5.41, 5.74) is 1.93. The van der Waals surface area contributed by atoms with E-state index in [1.807, 2.05) is 12.1 Å². The lowest BCUT2D eigenvalue weighted by Crippen LogP contribution is -2.10. The van der Waals surface area contributed by atoms with E-state index in [0.29, 0.717) is 17.3 Å². The molecule has 0 spiro atoms. The van der Waals surface area contributed by atoms with Gasteiger partial charge in [-0.15, -0.1) is 11.3 Å². The summed E-state index contributed by atoms with van der Waals surface area (Å²) in [7, 11) is 3.18. The van der Waals surface area contributed by atoms with Gasteiger partial charge in [0.1, 0.15) is 10.7 Å². The van der Waals surface area contributed by atoms with E-state index in [0.717, 1.165) is 39.5 Å². The zero-order valence-corrected chi connectivity index (χ0v) is 17.8. The molecule has 0 aliphatic heterocycles. The minimum absolute atomic E-state index is 0.0565. The van der Waals surface area contributed by atoms with E-state index in [1.54, 1.807) is 25.6 Å². The molecule has 1 aromatic carbocycles. The van der Waals surface area contributed by atoms with Gasteiger partial charge >= 0.3 is 0 Å². The second kappa shape index (κ2) is 7.64. The van der Waals surface area contributed by atoms with Gasteiger partial charge in [0.2, 0.25) is 0 Å². The number of aryl methyl sites for hydroxylation is 2. The third kappa shape index (κ3) is 3.38. The summed E-state index contributed by atoms with van der Waals surface area (Å²) in [6.45, 7) is 0. The zero-order valence-electron chi connectivity index (χ0n) is 15.4. The fourth-order valence-electron chi connectivity index (χ4n) is 3.71. The Kier molecular flexibility index (Phi) is 5.23. The number of hydrogen-bond acceptors (Lipinski definition) is 5. The minimum atomic E-state index is -0.0565. The van der Waals surface area contributed by atoms with Gasteiger partial charge in [-0.05, 0) is 59.3 Å². The number of rotatable bonds is 3. The first kappa shape index (κ1) is 18.5. The molecule has 0 radical (unpaired) electrons. The molecule has 1 N–H and O–H groups in total. The second-order valence-electron chi connectivity index (χ2n) is 6.71. The van der Waals surface area contributed by atoms with E-state index in [-0.39, 0.29) is 5.56 Å². The third-order valence-electron chi connectivity index (χ3n) is 5.03. The summed E-state index contributed by atoms with van der Waals surface area (Å²) in [6.07, 6.45) is 6.85. The number of benzene rings is 1. The molecule has 0 atom stereocenters. The summed E-state index contributed by atoms with van der Waals surface area (Å²) in [4.78, 5) is 22.8. The molecule has 3 aromatic rings. The zero-order chi connectivity index (χ0) is 19.0. The lowest BCUT2D eigenvalue weighted by Gasteiger charge is -2.11. The van der Waals surface area contributed by atoms with Crippen molar-refractivity contribution >= 4 is 37.5 Å². The number of halogens is 1. The molecule has 1 aliphatic rings. The van der Waals surface area contributed by atoms with Gasteiger partial charge in [-0.1, -0.05) is 12.8 Å². The number of ether oxygens (including phenoxy) is 2. The summed E-state index contributed by atoms with van der Waals surface area (Å²) in [5.74, 6) is 1.75. The van der Waals surface area contributed by atoms with Gasteiger partial charge in [0.25, 0.3) is 5.56 Å². The van der Waals surface area contributed by atoms with Crippen molar-refractivity contribution in [3.63, 3.8) is 0 Å². The SMILES string of the molecule is COc1cc(-c2nc3sc4c(c3c(=O)[nH]2)CCCCCC4)cc(Br)c1OC. The number of nitrogens with one attached hydrogen (secondary N) is 1. The Hall–Kier alpha value is -1.86. The molecule has 1 aliphatic carbocycles. The number of methoxy groups -OCH3 is 2. The van der Waals surface area contributed by atoms with Gasteiger partial charge in [-0.2, -0.15) is 0 Å². The lowest BCUT2D eigenvalue weighted by atomic mass is 9.98. The van der Waals surface area contributed by atoms with Crippen LogP contribution in [-0.2, 0) is 12.8 Å². The quantitative estimate of drug-likeness (QED) is 0.605. The van der Waals surface area contributed by atoms with Crippen molar-refractivity contribution in [2.75, 3.05) is 14.2 Å². The number of aromatic nitrogens is 2. The molecular weight excluding hydrogens is 428 g/mol. The maximum absolute atomic E-state index is 12.9. The van der Waals surface area contributed by atoms with Crippen molar-refractivity contribution in [2.24, 2.45) is 0 Å². The maximum atomic E-state index is 12.9. The van der Waals surface area contributed by atoms with Crippen LogP contribution in [0, 0.1) is 0 Å². The molecule has 0 unspecified atom stereocenters. The van der Waals surface area contributed by atoms with Crippen molar-refractivity contribution in [2.45, 2.75) is 38.5 Å². The van der Waals surface area contributed by atoms with Crippen molar-refractivity contribution in [1.29, 1.82) is 0 Å². The van der Waals surface area contributed by atoms with Crippen LogP contribution >= 0.6 is 27.3 Å². The van der Waals surface area contributed by atoms with E-state index in [1.165, 1.54) is 29.7 Å². The first-order valence-corrected chi connectivity index (χ1v) is 10.7. The molecule has 0 amide bonds. The highest BCUT2D eigenvalue weighted by molar-refractivity contribution is 9.10. The summed E-state index contributed by atoms with van der Waals surface area (Å²) in [5, 5.41) is 0.778. The summed E-state index contributed by atoms with van der Waals surface area (Å²) >= 11 is 5.17. The number of hydrogen-bond donors (Lipinski definition) is 1. The van der Waals surface area contributed by atoms with Crippen molar-refractivity contribution in [3.05, 3.63) is 37.4 Å². The highest BCUT2D eigenvalue weighted by atomic mass is 79.9. The van der Waals surface area contributed by atoms with E-state index in [9.17, 15) is 4.79 Å². The lowest BCUT2D eigenvalue weighted by molar-refractivity contribution is 0.353. The molecule has 0 bridgehead atoms. The largest absolute Gasteiger partial charge is 0.493 e. The highest BCUT2D eigenvalue weighted by Crippen LogP contribution is 2.39. The van der Waals surface area contributed by atoms with Gasteiger partial charge in [0, 0.05) is 10.4 Å². The highest BCUT2D eigenvalue weighted by Gasteiger charge is 2.20. The molecule has 0 fully saturated rings. The molecule has 5 nitrogen and oxygen atoms in total. The monoisotopic (exact) mass is 448 g/mol. The van der Waals surface area contributed by atoms with Crippen molar-refractivity contribution < 1.29 is 9.47 Å². The Labute approximate surface area is 169 Å². The Morgan fingerprint density at radius 3 is 2.63 bits per heavy atom. The fourth-order valence-corrected chi connectivity index (χ4v) is 5.57. The van der Waals surface area contributed by atoms with E-state index < -0.39 is 0 Å². The Morgan fingerprint density at radius 1 is 1.11 bits per heavy atom. The van der Waals surface area contributed by atoms with Crippen LogP contribution in [0.4, 0.5) is 0 Å². The van der Waals surface area contributed by atoms with Crippen LogP contribution in [0.25, 0.3) is 21.6 Å². The van der Waals surface area contributed by atoms with Crippen LogP contribution < -0.4 is 15.0 Å². The van der Waals surface area contributed by atoms with E-state index in [2.05, 4.69) is 20.9 Å². The number of nitrogens with zero attached hydrogens (tertiary/aromatic N) is 1. The predicted octanol–water partition coefficient (Wildman–Crippen LogP) is 5.09. The van der Waals surface area contributed by atoms with Gasteiger partial charge in [-0.25, -0.2) is 4.98 Å². The fraction of sp³-hybridized carbons (Fsp3) is 0.400. The van der Waals surface area contributed by atoms with Crippen LogP contribution in [0.5, 0.6) is 11.5 Å². The number of fused-ring (bicyclic) bond motifs is 3. The molecule has 27 heavy (non-hydrogen) atoms. The van der Waals surface area contributed by atoms with Crippen LogP contribution in [0.15, 0.2) is 21.4 Å². The molecule has 2 aromatic heterocycles. The van der Waals surface area contributed by atoms with E-state index in [4.69, 9.17) is 14.5 Å².